The molecule has 2 rings (SSSR count). The number of esters is 1. The number of carboxylic acid groups (broad SMARTS) is 1. The van der Waals surface area contributed by atoms with E-state index >= 15 is 0 Å². The highest BCUT2D eigenvalue weighted by atomic mass is 16.5. The molecule has 3 atom stereocenters. The summed E-state index contributed by atoms with van der Waals surface area (Å²) in [6.45, 7) is 2.39. The Morgan fingerprint density at radius 2 is 2.11 bits per heavy atom. The van der Waals surface area contributed by atoms with Crippen LogP contribution in [0.25, 0.3) is 0 Å². The molecule has 106 valence electrons. The molecule has 2 fully saturated rings. The lowest BCUT2D eigenvalue weighted by atomic mass is 10.1. The minimum absolute atomic E-state index is 0.140. The lowest BCUT2D eigenvalue weighted by molar-refractivity contribution is -0.146. The van der Waals surface area contributed by atoms with E-state index in [4.69, 9.17) is 9.84 Å². The van der Waals surface area contributed by atoms with Crippen LogP contribution < -0.4 is 0 Å². The van der Waals surface area contributed by atoms with Crippen molar-refractivity contribution in [2.75, 3.05) is 13.7 Å². The van der Waals surface area contributed by atoms with Gasteiger partial charge in [0.15, 0.2) is 0 Å². The predicted molar refractivity (Wildman–Crippen MR) is 64.5 cm³/mol. The van der Waals surface area contributed by atoms with Gasteiger partial charge >= 0.3 is 12.1 Å². The Labute approximate surface area is 111 Å². The van der Waals surface area contributed by atoms with E-state index in [1.165, 1.54) is 7.11 Å². The predicted octanol–water partition coefficient (Wildman–Crippen LogP) is 0.291. The van der Waals surface area contributed by atoms with Crippen LogP contribution in [0.5, 0.6) is 0 Å². The minimum atomic E-state index is -1.23. The van der Waals surface area contributed by atoms with Gasteiger partial charge in [-0.1, -0.05) is 0 Å². The van der Waals surface area contributed by atoms with Crippen LogP contribution >= 0.6 is 0 Å². The van der Waals surface area contributed by atoms with Crippen LogP contribution in [0.2, 0.25) is 0 Å². The molecule has 2 aliphatic rings. The van der Waals surface area contributed by atoms with Crippen molar-refractivity contribution in [1.82, 2.24) is 9.80 Å². The second-order valence-electron chi connectivity index (χ2n) is 4.98. The molecule has 2 heterocycles. The normalized spacial score (nSPS) is 31.8. The standard InChI is InChI=1S/C12H18N2O5/c1-7-9(6-10(15)14(7)12(17)18)13-5-3-4-8(13)11(16)19-2/h7-9H,3-6H2,1-2H3,(H,17,18)/t7-,8-,9?/m0/s1. The highest BCUT2D eigenvalue weighted by Crippen LogP contribution is 2.30. The Balaban J connectivity index is 2.16. The summed E-state index contributed by atoms with van der Waals surface area (Å²) in [5.41, 5.74) is 0. The van der Waals surface area contributed by atoms with Crippen LogP contribution in [0.15, 0.2) is 0 Å². The largest absolute Gasteiger partial charge is 0.468 e. The molecule has 0 bridgehead atoms. The Morgan fingerprint density at radius 1 is 1.42 bits per heavy atom. The van der Waals surface area contributed by atoms with Gasteiger partial charge in [-0.3, -0.25) is 14.5 Å². The number of methoxy groups -OCH3 is 1. The number of nitrogens with zero attached hydrogens (tertiary/aromatic N) is 2. The van der Waals surface area contributed by atoms with Crippen LogP contribution in [0, 0.1) is 0 Å². The molecule has 0 spiro atoms. The molecule has 1 N–H and O–H groups in total. The van der Waals surface area contributed by atoms with Crippen LogP contribution in [-0.2, 0) is 14.3 Å². The first kappa shape index (κ1) is 13.8. The molecule has 7 nitrogen and oxygen atoms in total. The molecule has 1 unspecified atom stereocenters. The van der Waals surface area contributed by atoms with Gasteiger partial charge in [0.25, 0.3) is 0 Å². The third-order valence-electron chi connectivity index (χ3n) is 4.02. The van der Waals surface area contributed by atoms with Crippen molar-refractivity contribution in [3.63, 3.8) is 0 Å². The average molecular weight is 270 g/mol. The molecule has 2 amide bonds. The molecule has 0 aromatic heterocycles. The van der Waals surface area contributed by atoms with Crippen molar-refractivity contribution in [2.45, 2.75) is 44.3 Å². The average Bonchev–Trinajstić information content (AvgIpc) is 2.92. The Morgan fingerprint density at radius 3 is 2.63 bits per heavy atom. The lowest BCUT2D eigenvalue weighted by Crippen LogP contribution is -2.49. The van der Waals surface area contributed by atoms with Crippen molar-refractivity contribution in [3.8, 4) is 0 Å². The molecular weight excluding hydrogens is 252 g/mol. The number of ether oxygens (including phenoxy) is 1. The molecule has 7 heteroatoms. The molecule has 19 heavy (non-hydrogen) atoms. The van der Waals surface area contributed by atoms with Gasteiger partial charge in [0, 0.05) is 12.5 Å². The molecule has 0 aliphatic carbocycles. The maximum Gasteiger partial charge on any atom is 0.414 e. The maximum absolute atomic E-state index is 11.7. The summed E-state index contributed by atoms with van der Waals surface area (Å²) in [5.74, 6) is -0.716. The van der Waals surface area contributed by atoms with Crippen LogP contribution in [0.3, 0.4) is 0 Å². The molecule has 0 saturated carbocycles. The van der Waals surface area contributed by atoms with Gasteiger partial charge < -0.3 is 9.84 Å². The Hall–Kier alpha value is -1.63. The molecule has 0 aromatic rings. The lowest BCUT2D eigenvalue weighted by Gasteiger charge is -2.31. The van der Waals surface area contributed by atoms with E-state index in [0.29, 0.717) is 13.0 Å². The summed E-state index contributed by atoms with van der Waals surface area (Å²) in [7, 11) is 1.34. The van der Waals surface area contributed by atoms with E-state index in [1.807, 2.05) is 4.90 Å². The quantitative estimate of drug-likeness (QED) is 0.726. The van der Waals surface area contributed by atoms with Gasteiger partial charge in [-0.05, 0) is 26.3 Å². The molecule has 2 saturated heterocycles. The van der Waals surface area contributed by atoms with E-state index in [2.05, 4.69) is 0 Å². The number of hydrogen-bond acceptors (Lipinski definition) is 5. The highest BCUT2D eigenvalue weighted by molar-refractivity contribution is 5.94. The molecule has 0 radical (unpaired) electrons. The van der Waals surface area contributed by atoms with Gasteiger partial charge in [0.1, 0.15) is 6.04 Å². The first-order chi connectivity index (χ1) is 8.97. The van der Waals surface area contributed by atoms with E-state index in [9.17, 15) is 14.4 Å². The van der Waals surface area contributed by atoms with Gasteiger partial charge in [-0.25, -0.2) is 9.69 Å². The summed E-state index contributed by atoms with van der Waals surface area (Å²) < 4.78 is 4.76. The summed E-state index contributed by atoms with van der Waals surface area (Å²) >= 11 is 0. The third kappa shape index (κ3) is 2.30. The maximum atomic E-state index is 11.7. The van der Waals surface area contributed by atoms with Crippen LogP contribution in [-0.4, -0.2) is 64.7 Å². The number of amides is 2. The zero-order valence-corrected chi connectivity index (χ0v) is 11.0. The third-order valence-corrected chi connectivity index (χ3v) is 4.02. The van der Waals surface area contributed by atoms with Crippen molar-refractivity contribution >= 4 is 18.0 Å². The van der Waals surface area contributed by atoms with Crippen molar-refractivity contribution < 1.29 is 24.2 Å². The number of rotatable bonds is 2. The fraction of sp³-hybridized carbons (Fsp3) is 0.750. The number of hydrogen-bond donors (Lipinski definition) is 1. The first-order valence-electron chi connectivity index (χ1n) is 6.36. The fourth-order valence-electron chi connectivity index (χ4n) is 3.10. The smallest absolute Gasteiger partial charge is 0.414 e. The zero-order valence-electron chi connectivity index (χ0n) is 11.0. The van der Waals surface area contributed by atoms with Crippen LogP contribution in [0.1, 0.15) is 26.2 Å². The van der Waals surface area contributed by atoms with Gasteiger partial charge in [-0.2, -0.15) is 0 Å². The first-order valence-corrected chi connectivity index (χ1v) is 6.36. The monoisotopic (exact) mass is 270 g/mol. The van der Waals surface area contributed by atoms with E-state index in [0.717, 1.165) is 11.3 Å². The summed E-state index contributed by atoms with van der Waals surface area (Å²) in [6, 6.07) is -1.04. The van der Waals surface area contributed by atoms with Gasteiger partial charge in [-0.15, -0.1) is 0 Å². The summed E-state index contributed by atoms with van der Waals surface area (Å²) in [6.07, 6.45) is 0.455. The Kier molecular flexibility index (Phi) is 3.75. The van der Waals surface area contributed by atoms with Crippen molar-refractivity contribution in [3.05, 3.63) is 0 Å². The van der Waals surface area contributed by atoms with Gasteiger partial charge in [0.2, 0.25) is 5.91 Å². The summed E-state index contributed by atoms with van der Waals surface area (Å²) in [5, 5.41) is 9.03. The fourth-order valence-corrected chi connectivity index (χ4v) is 3.10. The molecule has 2 aliphatic heterocycles. The van der Waals surface area contributed by atoms with Crippen molar-refractivity contribution in [1.29, 1.82) is 0 Å². The van der Waals surface area contributed by atoms with Crippen molar-refractivity contribution in [2.24, 2.45) is 0 Å². The zero-order chi connectivity index (χ0) is 14.2. The summed E-state index contributed by atoms with van der Waals surface area (Å²) in [4.78, 5) is 37.3. The van der Waals surface area contributed by atoms with Gasteiger partial charge in [0.05, 0.1) is 13.2 Å². The van der Waals surface area contributed by atoms with Crippen LogP contribution in [0.4, 0.5) is 4.79 Å². The SMILES string of the molecule is COC(=O)[C@@H]1CCCN1C1CC(=O)N(C(=O)O)[C@H]1C. The second-order valence-corrected chi connectivity index (χ2v) is 4.98. The topological polar surface area (TPSA) is 87.2 Å². The van der Waals surface area contributed by atoms with E-state index in [1.54, 1.807) is 6.92 Å². The highest BCUT2D eigenvalue weighted by Gasteiger charge is 2.47. The number of carbonyl (C=O) groups excluding carboxylic acids is 2. The minimum Gasteiger partial charge on any atom is -0.468 e. The number of imide groups is 1. The number of carbonyl (C=O) groups is 3. The molecule has 0 aromatic carbocycles. The van der Waals surface area contributed by atoms with E-state index in [-0.39, 0.29) is 24.5 Å². The Bertz CT molecular complexity index is 411. The van der Waals surface area contributed by atoms with E-state index < -0.39 is 18.0 Å². The number of likely N-dealkylation sites (tertiary alicyclic amines) is 2. The second kappa shape index (κ2) is 5.16. The molecular formula is C12H18N2O5.